The third kappa shape index (κ3) is 3.99. The summed E-state index contributed by atoms with van der Waals surface area (Å²) in [5.41, 5.74) is 1.57. The fourth-order valence-corrected chi connectivity index (χ4v) is 3.06. The van der Waals surface area contributed by atoms with Crippen LogP contribution in [0.4, 0.5) is 5.69 Å². The minimum atomic E-state index is -0.103. The molecule has 3 aromatic carbocycles. The van der Waals surface area contributed by atoms with Crippen LogP contribution < -0.4 is 5.32 Å². The van der Waals surface area contributed by atoms with Gasteiger partial charge in [-0.2, -0.15) is 4.98 Å². The number of fused-ring (bicyclic) bond motifs is 1. The van der Waals surface area contributed by atoms with E-state index < -0.39 is 0 Å². The molecule has 134 valence electrons. The monoisotopic (exact) mass is 377 g/mol. The van der Waals surface area contributed by atoms with E-state index in [1.807, 2.05) is 54.6 Å². The van der Waals surface area contributed by atoms with Crippen molar-refractivity contribution >= 4 is 34.0 Å². The molecule has 27 heavy (non-hydrogen) atoms. The topological polar surface area (TPSA) is 68.0 Å². The second kappa shape index (κ2) is 7.60. The largest absolute Gasteiger partial charge is 0.339 e. The van der Waals surface area contributed by atoms with Crippen LogP contribution in [0.5, 0.6) is 0 Å². The number of nitrogens with one attached hydrogen (secondary N) is 1. The Kier molecular flexibility index (Phi) is 4.85. The first-order valence-corrected chi connectivity index (χ1v) is 8.93. The van der Waals surface area contributed by atoms with Gasteiger partial charge in [-0.15, -0.1) is 0 Å². The average molecular weight is 378 g/mol. The molecule has 5 nitrogen and oxygen atoms in total. The first-order chi connectivity index (χ1) is 13.2. The molecule has 0 bridgehead atoms. The van der Waals surface area contributed by atoms with Crippen LogP contribution in [0.15, 0.2) is 71.3 Å². The van der Waals surface area contributed by atoms with Gasteiger partial charge in [0.1, 0.15) is 0 Å². The molecule has 0 atom stereocenters. The van der Waals surface area contributed by atoms with Crippen LogP contribution in [0.1, 0.15) is 12.3 Å². The predicted molar refractivity (Wildman–Crippen MR) is 106 cm³/mol. The lowest BCUT2D eigenvalue weighted by Gasteiger charge is -2.08. The van der Waals surface area contributed by atoms with Crippen molar-refractivity contribution in [2.45, 2.75) is 12.8 Å². The number of anilines is 1. The van der Waals surface area contributed by atoms with E-state index in [1.165, 1.54) is 0 Å². The van der Waals surface area contributed by atoms with E-state index in [0.717, 1.165) is 22.0 Å². The maximum absolute atomic E-state index is 12.3. The molecule has 0 aliphatic heterocycles. The van der Waals surface area contributed by atoms with E-state index >= 15 is 0 Å². The van der Waals surface area contributed by atoms with Crippen LogP contribution in [-0.4, -0.2) is 16.0 Å². The molecule has 1 aromatic heterocycles. The highest BCUT2D eigenvalue weighted by Crippen LogP contribution is 2.23. The van der Waals surface area contributed by atoms with Crippen molar-refractivity contribution < 1.29 is 9.32 Å². The molecule has 0 unspecified atom stereocenters. The van der Waals surface area contributed by atoms with Gasteiger partial charge in [0.15, 0.2) is 0 Å². The molecule has 1 heterocycles. The molecule has 0 spiro atoms. The molecule has 0 saturated heterocycles. The number of hydrogen-bond acceptors (Lipinski definition) is 4. The Morgan fingerprint density at radius 3 is 2.74 bits per heavy atom. The van der Waals surface area contributed by atoms with Gasteiger partial charge in [-0.05, 0) is 23.6 Å². The van der Waals surface area contributed by atoms with Gasteiger partial charge in [-0.1, -0.05) is 65.3 Å². The van der Waals surface area contributed by atoms with E-state index in [9.17, 15) is 4.79 Å². The standard InChI is InChI=1S/C21H16ClN3O2/c22-16-8-3-7-15(13-16)21-24-20(27-25-21)12-11-19(26)23-18-10-4-6-14-5-1-2-9-17(14)18/h1-10,13H,11-12H2,(H,23,26). The van der Waals surface area contributed by atoms with Crippen LogP contribution in [0.2, 0.25) is 5.02 Å². The molecule has 6 heteroatoms. The summed E-state index contributed by atoms with van der Waals surface area (Å²) in [4.78, 5) is 16.7. The lowest BCUT2D eigenvalue weighted by Crippen LogP contribution is -2.12. The van der Waals surface area contributed by atoms with Gasteiger partial charge in [-0.3, -0.25) is 4.79 Å². The summed E-state index contributed by atoms with van der Waals surface area (Å²) in [7, 11) is 0. The molecule has 4 aromatic rings. The smallest absolute Gasteiger partial charge is 0.227 e. The molecule has 1 N–H and O–H groups in total. The van der Waals surface area contributed by atoms with Crippen LogP contribution in [0, 0.1) is 0 Å². The number of amides is 1. The van der Waals surface area contributed by atoms with E-state index in [1.54, 1.807) is 12.1 Å². The van der Waals surface area contributed by atoms with Gasteiger partial charge in [0.25, 0.3) is 0 Å². The molecular weight excluding hydrogens is 362 g/mol. The second-order valence-corrected chi connectivity index (χ2v) is 6.53. The Morgan fingerprint density at radius 2 is 1.85 bits per heavy atom. The Morgan fingerprint density at radius 1 is 1.04 bits per heavy atom. The number of aryl methyl sites for hydroxylation is 1. The molecule has 0 fully saturated rings. The van der Waals surface area contributed by atoms with Crippen molar-refractivity contribution in [1.29, 1.82) is 0 Å². The third-order valence-electron chi connectivity index (χ3n) is 4.18. The number of nitrogens with zero attached hydrogens (tertiary/aromatic N) is 2. The van der Waals surface area contributed by atoms with Crippen molar-refractivity contribution in [3.05, 3.63) is 77.6 Å². The fraction of sp³-hybridized carbons (Fsp3) is 0.0952. The van der Waals surface area contributed by atoms with E-state index in [4.69, 9.17) is 16.1 Å². The summed E-state index contributed by atoms with van der Waals surface area (Å²) in [6.45, 7) is 0. The molecular formula is C21H16ClN3O2. The van der Waals surface area contributed by atoms with Crippen molar-refractivity contribution in [1.82, 2.24) is 10.1 Å². The van der Waals surface area contributed by atoms with E-state index in [2.05, 4.69) is 15.5 Å². The summed E-state index contributed by atoms with van der Waals surface area (Å²) < 4.78 is 5.25. The van der Waals surface area contributed by atoms with Gasteiger partial charge >= 0.3 is 0 Å². The number of carbonyl (C=O) groups is 1. The Hall–Kier alpha value is -3.18. The lowest BCUT2D eigenvalue weighted by molar-refractivity contribution is -0.116. The average Bonchev–Trinajstić information content (AvgIpc) is 3.16. The second-order valence-electron chi connectivity index (χ2n) is 6.10. The van der Waals surface area contributed by atoms with Crippen LogP contribution in [-0.2, 0) is 11.2 Å². The quantitative estimate of drug-likeness (QED) is 0.524. The van der Waals surface area contributed by atoms with Gasteiger partial charge in [0, 0.05) is 34.5 Å². The summed E-state index contributed by atoms with van der Waals surface area (Å²) in [5.74, 6) is 0.772. The van der Waals surface area contributed by atoms with Gasteiger partial charge < -0.3 is 9.84 Å². The first kappa shape index (κ1) is 17.2. The summed E-state index contributed by atoms with van der Waals surface area (Å²) in [5, 5.41) is 9.60. The van der Waals surface area contributed by atoms with Gasteiger partial charge in [0.05, 0.1) is 0 Å². The number of rotatable bonds is 5. The zero-order chi connectivity index (χ0) is 18.6. The van der Waals surface area contributed by atoms with Crippen molar-refractivity contribution in [3.8, 4) is 11.4 Å². The number of carbonyl (C=O) groups excluding carboxylic acids is 1. The van der Waals surface area contributed by atoms with Crippen molar-refractivity contribution in [2.75, 3.05) is 5.32 Å². The molecule has 0 aliphatic rings. The van der Waals surface area contributed by atoms with Crippen LogP contribution in [0.25, 0.3) is 22.2 Å². The normalized spacial score (nSPS) is 10.9. The van der Waals surface area contributed by atoms with Crippen molar-refractivity contribution in [3.63, 3.8) is 0 Å². The molecule has 4 rings (SSSR count). The van der Waals surface area contributed by atoms with E-state index in [0.29, 0.717) is 23.2 Å². The zero-order valence-corrected chi connectivity index (χ0v) is 15.1. The zero-order valence-electron chi connectivity index (χ0n) is 14.4. The first-order valence-electron chi connectivity index (χ1n) is 8.55. The Labute approximate surface area is 161 Å². The highest BCUT2D eigenvalue weighted by molar-refractivity contribution is 6.30. The number of benzene rings is 3. The third-order valence-corrected chi connectivity index (χ3v) is 4.42. The molecule has 0 aliphatic carbocycles. The highest BCUT2D eigenvalue weighted by Gasteiger charge is 2.12. The van der Waals surface area contributed by atoms with Crippen LogP contribution >= 0.6 is 11.6 Å². The van der Waals surface area contributed by atoms with Gasteiger partial charge in [0.2, 0.25) is 17.6 Å². The SMILES string of the molecule is O=C(CCc1nc(-c2cccc(Cl)c2)no1)Nc1cccc2ccccc12. The summed E-state index contributed by atoms with van der Waals surface area (Å²) in [6, 6.07) is 21.0. The Balaban J connectivity index is 1.41. The van der Waals surface area contributed by atoms with Gasteiger partial charge in [-0.25, -0.2) is 0 Å². The highest BCUT2D eigenvalue weighted by atomic mass is 35.5. The fourth-order valence-electron chi connectivity index (χ4n) is 2.87. The number of aromatic nitrogens is 2. The van der Waals surface area contributed by atoms with Crippen molar-refractivity contribution in [2.24, 2.45) is 0 Å². The molecule has 1 amide bonds. The van der Waals surface area contributed by atoms with Crippen LogP contribution in [0.3, 0.4) is 0 Å². The predicted octanol–water partition coefficient (Wildman–Crippen LogP) is 5.11. The number of hydrogen-bond donors (Lipinski definition) is 1. The molecule has 0 radical (unpaired) electrons. The minimum Gasteiger partial charge on any atom is -0.339 e. The minimum absolute atomic E-state index is 0.103. The summed E-state index contributed by atoms with van der Waals surface area (Å²) >= 11 is 5.98. The maximum atomic E-state index is 12.3. The van der Waals surface area contributed by atoms with E-state index in [-0.39, 0.29) is 12.3 Å². The Bertz CT molecular complexity index is 1100. The lowest BCUT2D eigenvalue weighted by atomic mass is 10.1. The maximum Gasteiger partial charge on any atom is 0.227 e. The summed E-state index contributed by atoms with van der Waals surface area (Å²) in [6.07, 6.45) is 0.616. The number of halogens is 1. The molecule has 0 saturated carbocycles.